The van der Waals surface area contributed by atoms with Crippen LogP contribution in [-0.4, -0.2) is 31.8 Å². The van der Waals surface area contributed by atoms with E-state index in [0.717, 1.165) is 6.42 Å². The van der Waals surface area contributed by atoms with Crippen molar-refractivity contribution in [2.45, 2.75) is 26.4 Å². The third kappa shape index (κ3) is 5.94. The quantitative estimate of drug-likeness (QED) is 0.747. The molecule has 106 valence electrons. The summed E-state index contributed by atoms with van der Waals surface area (Å²) in [5.41, 5.74) is 0. The number of carbonyl (C=O) groups is 1. The Hall–Kier alpha value is -1.26. The van der Waals surface area contributed by atoms with Gasteiger partial charge in [0.2, 0.25) is 0 Å². The van der Waals surface area contributed by atoms with E-state index < -0.39 is 6.10 Å². The summed E-state index contributed by atoms with van der Waals surface area (Å²) in [6.07, 6.45) is 0.213. The molecule has 1 aromatic carbocycles. The predicted octanol–water partition coefficient (Wildman–Crippen LogP) is 2.65. The first-order valence-electron chi connectivity index (χ1n) is 6.41. The Morgan fingerprint density at radius 2 is 2.16 bits per heavy atom. The van der Waals surface area contributed by atoms with Crippen LogP contribution in [-0.2, 0) is 9.53 Å². The van der Waals surface area contributed by atoms with Crippen molar-refractivity contribution in [2.75, 3.05) is 19.8 Å². The van der Waals surface area contributed by atoms with E-state index in [9.17, 15) is 4.79 Å². The Labute approximate surface area is 119 Å². The molecule has 0 aliphatic carbocycles. The van der Waals surface area contributed by atoms with Gasteiger partial charge in [-0.3, -0.25) is 4.79 Å². The molecule has 0 fully saturated rings. The van der Waals surface area contributed by atoms with Crippen LogP contribution in [0.4, 0.5) is 0 Å². The summed E-state index contributed by atoms with van der Waals surface area (Å²) < 4.78 is 10.7. The number of carbonyl (C=O) groups excluding carboxylic acids is 1. The number of hydrogen-bond acceptors (Lipinski definition) is 3. The average Bonchev–Trinajstić information content (AvgIpc) is 2.41. The van der Waals surface area contributed by atoms with Gasteiger partial charge in [0.1, 0.15) is 5.75 Å². The minimum absolute atomic E-state index is 0.156. The van der Waals surface area contributed by atoms with Crippen molar-refractivity contribution in [3.8, 4) is 5.75 Å². The van der Waals surface area contributed by atoms with E-state index >= 15 is 0 Å². The first kappa shape index (κ1) is 15.8. The number of amides is 1. The lowest BCUT2D eigenvalue weighted by Crippen LogP contribution is -2.37. The lowest BCUT2D eigenvalue weighted by molar-refractivity contribution is -0.127. The zero-order valence-electron chi connectivity index (χ0n) is 11.3. The van der Waals surface area contributed by atoms with E-state index in [0.29, 0.717) is 30.5 Å². The van der Waals surface area contributed by atoms with Gasteiger partial charge in [0.15, 0.2) is 6.10 Å². The molecule has 0 bridgehead atoms. The Bertz CT molecular complexity index is 398. The molecule has 19 heavy (non-hydrogen) atoms. The van der Waals surface area contributed by atoms with Gasteiger partial charge in [-0.05, 0) is 32.4 Å². The highest BCUT2D eigenvalue weighted by Crippen LogP contribution is 2.24. The topological polar surface area (TPSA) is 47.6 Å². The van der Waals surface area contributed by atoms with Crippen LogP contribution in [0.3, 0.4) is 0 Å². The molecular weight excluding hydrogens is 266 g/mol. The number of halogens is 1. The van der Waals surface area contributed by atoms with E-state index in [4.69, 9.17) is 21.1 Å². The number of nitrogens with one attached hydrogen (secondary N) is 1. The van der Waals surface area contributed by atoms with Crippen molar-refractivity contribution in [1.29, 1.82) is 0 Å². The van der Waals surface area contributed by atoms with Crippen LogP contribution in [0.25, 0.3) is 0 Å². The van der Waals surface area contributed by atoms with Gasteiger partial charge in [-0.15, -0.1) is 0 Å². The second-order valence-electron chi connectivity index (χ2n) is 4.03. The number of rotatable bonds is 8. The van der Waals surface area contributed by atoms with Gasteiger partial charge in [-0.1, -0.05) is 23.7 Å². The second-order valence-corrected chi connectivity index (χ2v) is 4.44. The molecule has 0 radical (unpaired) electrons. The van der Waals surface area contributed by atoms with Crippen molar-refractivity contribution in [1.82, 2.24) is 5.32 Å². The van der Waals surface area contributed by atoms with Gasteiger partial charge in [-0.25, -0.2) is 0 Å². The average molecular weight is 286 g/mol. The van der Waals surface area contributed by atoms with Crippen LogP contribution in [0.15, 0.2) is 24.3 Å². The number of hydrogen-bond donors (Lipinski definition) is 1. The third-order valence-electron chi connectivity index (χ3n) is 2.48. The molecule has 0 saturated carbocycles. The van der Waals surface area contributed by atoms with Gasteiger partial charge in [0, 0.05) is 19.8 Å². The molecule has 0 aromatic heterocycles. The highest BCUT2D eigenvalue weighted by atomic mass is 35.5. The van der Waals surface area contributed by atoms with Crippen molar-refractivity contribution in [2.24, 2.45) is 0 Å². The zero-order chi connectivity index (χ0) is 14.1. The maximum atomic E-state index is 11.8. The van der Waals surface area contributed by atoms with Crippen LogP contribution in [0.5, 0.6) is 5.75 Å². The Kier molecular flexibility index (Phi) is 7.30. The molecule has 0 heterocycles. The van der Waals surface area contributed by atoms with E-state index in [-0.39, 0.29) is 5.91 Å². The number of para-hydroxylation sites is 1. The Morgan fingerprint density at radius 1 is 1.42 bits per heavy atom. The van der Waals surface area contributed by atoms with E-state index in [1.54, 1.807) is 19.1 Å². The molecule has 0 unspecified atom stereocenters. The van der Waals surface area contributed by atoms with Crippen LogP contribution < -0.4 is 10.1 Å². The molecule has 0 aliphatic rings. The van der Waals surface area contributed by atoms with Crippen LogP contribution in [0.2, 0.25) is 5.02 Å². The van der Waals surface area contributed by atoms with Gasteiger partial charge in [-0.2, -0.15) is 0 Å². The molecule has 0 aliphatic heterocycles. The van der Waals surface area contributed by atoms with E-state index in [1.165, 1.54) is 0 Å². The zero-order valence-corrected chi connectivity index (χ0v) is 12.1. The lowest BCUT2D eigenvalue weighted by Gasteiger charge is -2.15. The fraction of sp³-hybridized carbons (Fsp3) is 0.500. The summed E-state index contributed by atoms with van der Waals surface area (Å²) in [5.74, 6) is 0.359. The summed E-state index contributed by atoms with van der Waals surface area (Å²) in [5, 5.41) is 3.29. The van der Waals surface area contributed by atoms with E-state index in [2.05, 4.69) is 5.32 Å². The van der Waals surface area contributed by atoms with E-state index in [1.807, 2.05) is 19.1 Å². The summed E-state index contributed by atoms with van der Waals surface area (Å²) in [6.45, 7) is 5.56. The normalized spacial score (nSPS) is 11.9. The molecule has 4 nitrogen and oxygen atoms in total. The van der Waals surface area contributed by atoms with Crippen LogP contribution in [0, 0.1) is 0 Å². The summed E-state index contributed by atoms with van der Waals surface area (Å²) >= 11 is 5.96. The highest BCUT2D eigenvalue weighted by Gasteiger charge is 2.15. The maximum absolute atomic E-state index is 11.8. The first-order chi connectivity index (χ1) is 9.15. The molecular formula is C14H20ClNO3. The minimum atomic E-state index is -0.577. The molecule has 5 heteroatoms. The molecule has 1 amide bonds. The summed E-state index contributed by atoms with van der Waals surface area (Å²) in [7, 11) is 0. The standard InChI is InChI=1S/C14H20ClNO3/c1-3-18-10-6-9-16-14(17)11(2)19-13-8-5-4-7-12(13)15/h4-5,7-8,11H,3,6,9-10H2,1-2H3,(H,16,17)/t11-/m1/s1. The summed E-state index contributed by atoms with van der Waals surface area (Å²) in [6, 6.07) is 7.09. The fourth-order valence-electron chi connectivity index (χ4n) is 1.46. The smallest absolute Gasteiger partial charge is 0.260 e. The van der Waals surface area contributed by atoms with Gasteiger partial charge < -0.3 is 14.8 Å². The highest BCUT2D eigenvalue weighted by molar-refractivity contribution is 6.32. The molecule has 1 rings (SSSR count). The number of ether oxygens (including phenoxy) is 2. The Balaban J connectivity index is 2.31. The fourth-order valence-corrected chi connectivity index (χ4v) is 1.64. The predicted molar refractivity (Wildman–Crippen MR) is 75.7 cm³/mol. The van der Waals surface area contributed by atoms with Crippen LogP contribution in [0.1, 0.15) is 20.3 Å². The SMILES string of the molecule is CCOCCCNC(=O)[C@@H](C)Oc1ccccc1Cl. The summed E-state index contributed by atoms with van der Waals surface area (Å²) in [4.78, 5) is 11.8. The lowest BCUT2D eigenvalue weighted by atomic mass is 10.3. The van der Waals surface area contributed by atoms with Crippen molar-refractivity contribution < 1.29 is 14.3 Å². The van der Waals surface area contributed by atoms with Gasteiger partial charge in [0.25, 0.3) is 5.91 Å². The van der Waals surface area contributed by atoms with Gasteiger partial charge >= 0.3 is 0 Å². The maximum Gasteiger partial charge on any atom is 0.260 e. The first-order valence-corrected chi connectivity index (χ1v) is 6.79. The monoisotopic (exact) mass is 285 g/mol. The molecule has 1 N–H and O–H groups in total. The van der Waals surface area contributed by atoms with Crippen LogP contribution >= 0.6 is 11.6 Å². The molecule has 1 atom stereocenters. The Morgan fingerprint density at radius 3 is 2.84 bits per heavy atom. The largest absolute Gasteiger partial charge is 0.479 e. The molecule has 0 saturated heterocycles. The third-order valence-corrected chi connectivity index (χ3v) is 2.79. The van der Waals surface area contributed by atoms with Crippen molar-refractivity contribution in [3.63, 3.8) is 0 Å². The second kappa shape index (κ2) is 8.77. The molecule has 1 aromatic rings. The van der Waals surface area contributed by atoms with Crippen molar-refractivity contribution >= 4 is 17.5 Å². The number of benzene rings is 1. The minimum Gasteiger partial charge on any atom is -0.479 e. The van der Waals surface area contributed by atoms with Gasteiger partial charge in [0.05, 0.1) is 5.02 Å². The van der Waals surface area contributed by atoms with Crippen molar-refractivity contribution in [3.05, 3.63) is 29.3 Å². The molecule has 0 spiro atoms.